The van der Waals surface area contributed by atoms with Gasteiger partial charge in [0.2, 0.25) is 5.91 Å². The van der Waals surface area contributed by atoms with Crippen molar-refractivity contribution in [2.24, 2.45) is 0 Å². The Morgan fingerprint density at radius 2 is 2.09 bits per heavy atom. The van der Waals surface area contributed by atoms with E-state index in [4.69, 9.17) is 0 Å². The third kappa shape index (κ3) is 4.70. The standard InChI is InChI=1S/C7H13F2NO/c1-3-4-7(11)10(2)5-6(8)9/h6H,3-5H2,1-2H3. The van der Waals surface area contributed by atoms with Gasteiger partial charge in [-0.15, -0.1) is 0 Å². The molecule has 2 nitrogen and oxygen atoms in total. The van der Waals surface area contributed by atoms with Gasteiger partial charge in [-0.1, -0.05) is 6.92 Å². The van der Waals surface area contributed by atoms with Crippen LogP contribution in [0.5, 0.6) is 0 Å². The van der Waals surface area contributed by atoms with Crippen molar-refractivity contribution in [1.29, 1.82) is 0 Å². The number of rotatable bonds is 4. The molecule has 0 atom stereocenters. The number of halogens is 2. The number of alkyl halides is 2. The molecule has 0 unspecified atom stereocenters. The molecule has 0 aromatic rings. The van der Waals surface area contributed by atoms with E-state index in [0.717, 1.165) is 4.90 Å². The van der Waals surface area contributed by atoms with E-state index in [1.165, 1.54) is 7.05 Å². The molecule has 11 heavy (non-hydrogen) atoms. The van der Waals surface area contributed by atoms with Crippen LogP contribution in [-0.4, -0.2) is 30.8 Å². The van der Waals surface area contributed by atoms with Gasteiger partial charge >= 0.3 is 0 Å². The van der Waals surface area contributed by atoms with Crippen molar-refractivity contribution >= 4 is 5.91 Å². The van der Waals surface area contributed by atoms with Crippen LogP contribution in [-0.2, 0) is 4.79 Å². The van der Waals surface area contributed by atoms with Gasteiger partial charge in [-0.05, 0) is 6.42 Å². The molecule has 0 aliphatic rings. The Morgan fingerprint density at radius 1 is 1.55 bits per heavy atom. The van der Waals surface area contributed by atoms with E-state index in [1.54, 1.807) is 0 Å². The molecular weight excluding hydrogens is 152 g/mol. The molecule has 4 heteroatoms. The van der Waals surface area contributed by atoms with Crippen LogP contribution in [0.2, 0.25) is 0 Å². The first-order valence-corrected chi connectivity index (χ1v) is 3.60. The van der Waals surface area contributed by atoms with Crippen molar-refractivity contribution < 1.29 is 13.6 Å². The lowest BCUT2D eigenvalue weighted by molar-refractivity contribution is -0.131. The quantitative estimate of drug-likeness (QED) is 0.618. The largest absolute Gasteiger partial charge is 0.340 e. The summed E-state index contributed by atoms with van der Waals surface area (Å²) in [6.07, 6.45) is -1.38. The van der Waals surface area contributed by atoms with Gasteiger partial charge in [0, 0.05) is 13.5 Å². The third-order valence-corrected chi connectivity index (χ3v) is 1.30. The first-order valence-electron chi connectivity index (χ1n) is 3.60. The third-order valence-electron chi connectivity index (χ3n) is 1.30. The molecule has 0 N–H and O–H groups in total. The fourth-order valence-electron chi connectivity index (χ4n) is 0.714. The molecule has 0 aromatic heterocycles. The second kappa shape index (κ2) is 5.04. The number of hydrogen-bond donors (Lipinski definition) is 0. The maximum absolute atomic E-state index is 11.7. The Kier molecular flexibility index (Phi) is 4.74. The summed E-state index contributed by atoms with van der Waals surface area (Å²) in [4.78, 5) is 11.9. The zero-order valence-corrected chi connectivity index (χ0v) is 6.81. The lowest BCUT2D eigenvalue weighted by atomic mass is 10.3. The summed E-state index contributed by atoms with van der Waals surface area (Å²) >= 11 is 0. The highest BCUT2D eigenvalue weighted by atomic mass is 19.3. The molecule has 1 amide bonds. The number of nitrogens with zero attached hydrogens (tertiary/aromatic N) is 1. The summed E-state index contributed by atoms with van der Waals surface area (Å²) in [7, 11) is 1.39. The van der Waals surface area contributed by atoms with Crippen LogP contribution in [0.4, 0.5) is 8.78 Å². The van der Waals surface area contributed by atoms with E-state index in [9.17, 15) is 13.6 Å². The first-order chi connectivity index (χ1) is 5.07. The van der Waals surface area contributed by atoms with E-state index >= 15 is 0 Å². The Labute approximate surface area is 65.2 Å². The van der Waals surface area contributed by atoms with Crippen LogP contribution in [0.3, 0.4) is 0 Å². The van der Waals surface area contributed by atoms with Gasteiger partial charge in [-0.3, -0.25) is 4.79 Å². The van der Waals surface area contributed by atoms with E-state index in [-0.39, 0.29) is 5.91 Å². The Hall–Kier alpha value is -0.670. The molecule has 0 rings (SSSR count). The van der Waals surface area contributed by atoms with Crippen molar-refractivity contribution in [2.45, 2.75) is 26.2 Å². The fourth-order valence-corrected chi connectivity index (χ4v) is 0.714. The summed E-state index contributed by atoms with van der Waals surface area (Å²) in [5, 5.41) is 0. The summed E-state index contributed by atoms with van der Waals surface area (Å²) in [6, 6.07) is 0. The summed E-state index contributed by atoms with van der Waals surface area (Å²) < 4.78 is 23.4. The van der Waals surface area contributed by atoms with Crippen LogP contribution >= 0.6 is 0 Å². The molecule has 0 aliphatic heterocycles. The lowest BCUT2D eigenvalue weighted by Gasteiger charge is -2.15. The Balaban J connectivity index is 3.64. The molecule has 0 fully saturated rings. The predicted molar refractivity (Wildman–Crippen MR) is 38.5 cm³/mol. The highest BCUT2D eigenvalue weighted by Gasteiger charge is 2.12. The van der Waals surface area contributed by atoms with Gasteiger partial charge in [0.1, 0.15) is 0 Å². The Bertz CT molecular complexity index is 128. The molecule has 0 heterocycles. The molecule has 0 spiro atoms. The molecule has 0 saturated heterocycles. The first kappa shape index (κ1) is 10.3. The monoisotopic (exact) mass is 165 g/mol. The summed E-state index contributed by atoms with van der Waals surface area (Å²) in [6.45, 7) is 1.38. The zero-order valence-electron chi connectivity index (χ0n) is 6.81. The molecular formula is C7H13F2NO. The van der Waals surface area contributed by atoms with Gasteiger partial charge in [-0.2, -0.15) is 0 Å². The van der Waals surface area contributed by atoms with E-state index < -0.39 is 13.0 Å². The average Bonchev–Trinajstić information content (AvgIpc) is 1.86. The van der Waals surface area contributed by atoms with E-state index in [0.29, 0.717) is 12.8 Å². The molecule has 66 valence electrons. The SMILES string of the molecule is CCCC(=O)N(C)CC(F)F. The van der Waals surface area contributed by atoms with E-state index in [2.05, 4.69) is 0 Å². The topological polar surface area (TPSA) is 20.3 Å². The number of carbonyl (C=O) groups excluding carboxylic acids is 1. The van der Waals surface area contributed by atoms with Gasteiger partial charge in [0.05, 0.1) is 6.54 Å². The normalized spacial score (nSPS) is 10.3. The van der Waals surface area contributed by atoms with Gasteiger partial charge in [0.15, 0.2) is 0 Å². The molecule has 0 bridgehead atoms. The lowest BCUT2D eigenvalue weighted by Crippen LogP contribution is -2.30. The Morgan fingerprint density at radius 3 is 2.45 bits per heavy atom. The van der Waals surface area contributed by atoms with Crippen molar-refractivity contribution in [3.8, 4) is 0 Å². The highest BCUT2D eigenvalue weighted by Crippen LogP contribution is 1.99. The van der Waals surface area contributed by atoms with Crippen molar-refractivity contribution in [1.82, 2.24) is 4.90 Å². The summed E-state index contributed by atoms with van der Waals surface area (Å²) in [5.41, 5.74) is 0. The van der Waals surface area contributed by atoms with Crippen molar-refractivity contribution in [2.75, 3.05) is 13.6 Å². The smallest absolute Gasteiger partial charge is 0.255 e. The number of carbonyl (C=O) groups is 1. The van der Waals surface area contributed by atoms with Crippen LogP contribution in [0.15, 0.2) is 0 Å². The predicted octanol–water partition coefficient (Wildman–Crippen LogP) is 1.51. The fraction of sp³-hybridized carbons (Fsp3) is 0.857. The second-order valence-electron chi connectivity index (χ2n) is 2.42. The minimum Gasteiger partial charge on any atom is -0.340 e. The van der Waals surface area contributed by atoms with Crippen LogP contribution in [0.1, 0.15) is 19.8 Å². The van der Waals surface area contributed by atoms with Gasteiger partial charge in [-0.25, -0.2) is 8.78 Å². The highest BCUT2D eigenvalue weighted by molar-refractivity contribution is 5.75. The molecule has 0 aliphatic carbocycles. The molecule has 0 radical (unpaired) electrons. The zero-order chi connectivity index (χ0) is 8.85. The number of amides is 1. The van der Waals surface area contributed by atoms with Crippen LogP contribution in [0.25, 0.3) is 0 Å². The average molecular weight is 165 g/mol. The number of hydrogen-bond acceptors (Lipinski definition) is 1. The minimum atomic E-state index is -2.43. The van der Waals surface area contributed by atoms with Crippen molar-refractivity contribution in [3.63, 3.8) is 0 Å². The van der Waals surface area contributed by atoms with E-state index in [1.807, 2.05) is 6.92 Å². The van der Waals surface area contributed by atoms with Crippen LogP contribution in [0, 0.1) is 0 Å². The molecule has 0 saturated carbocycles. The van der Waals surface area contributed by atoms with Gasteiger partial charge < -0.3 is 4.90 Å². The summed E-state index contributed by atoms with van der Waals surface area (Å²) in [5.74, 6) is -0.215. The van der Waals surface area contributed by atoms with Gasteiger partial charge in [0.25, 0.3) is 6.43 Å². The second-order valence-corrected chi connectivity index (χ2v) is 2.42. The maximum Gasteiger partial charge on any atom is 0.255 e. The molecule has 0 aromatic carbocycles. The van der Waals surface area contributed by atoms with Crippen LogP contribution < -0.4 is 0 Å². The minimum absolute atomic E-state index is 0.215. The maximum atomic E-state index is 11.7. The van der Waals surface area contributed by atoms with Crippen molar-refractivity contribution in [3.05, 3.63) is 0 Å².